The minimum atomic E-state index is 0.609. The Morgan fingerprint density at radius 1 is 1.50 bits per heavy atom. The summed E-state index contributed by atoms with van der Waals surface area (Å²) in [6, 6.07) is 0.757. The van der Waals surface area contributed by atoms with Gasteiger partial charge in [-0.1, -0.05) is 6.92 Å². The van der Waals surface area contributed by atoms with Crippen LogP contribution < -0.4 is 5.32 Å². The van der Waals surface area contributed by atoms with Crippen LogP contribution in [0, 0.1) is 5.92 Å². The standard InChI is InChI=1S/C10H19NS/c1-8-6-9(7-11-8)10(2)4-3-5-12-10/h8-9,11H,3-7H2,1-2H3. The molecule has 2 aliphatic heterocycles. The lowest BCUT2D eigenvalue weighted by molar-refractivity contribution is 0.413. The van der Waals surface area contributed by atoms with Crippen molar-refractivity contribution in [3.63, 3.8) is 0 Å². The molecule has 0 aromatic carbocycles. The van der Waals surface area contributed by atoms with Crippen molar-refractivity contribution in [3.05, 3.63) is 0 Å². The van der Waals surface area contributed by atoms with Crippen LogP contribution in [0.25, 0.3) is 0 Å². The number of thioether (sulfide) groups is 1. The van der Waals surface area contributed by atoms with E-state index >= 15 is 0 Å². The zero-order valence-corrected chi connectivity index (χ0v) is 8.91. The van der Waals surface area contributed by atoms with Gasteiger partial charge >= 0.3 is 0 Å². The van der Waals surface area contributed by atoms with Crippen molar-refractivity contribution in [2.24, 2.45) is 5.92 Å². The van der Waals surface area contributed by atoms with Crippen molar-refractivity contribution in [1.29, 1.82) is 0 Å². The van der Waals surface area contributed by atoms with Crippen molar-refractivity contribution < 1.29 is 0 Å². The molecule has 2 heteroatoms. The summed E-state index contributed by atoms with van der Waals surface area (Å²) in [5.41, 5.74) is 0. The van der Waals surface area contributed by atoms with Crippen LogP contribution in [0.5, 0.6) is 0 Å². The van der Waals surface area contributed by atoms with Crippen molar-refractivity contribution in [1.82, 2.24) is 5.32 Å². The third-order valence-corrected chi connectivity index (χ3v) is 5.15. The molecule has 1 nitrogen and oxygen atoms in total. The highest BCUT2D eigenvalue weighted by Crippen LogP contribution is 2.46. The van der Waals surface area contributed by atoms with E-state index in [1.165, 1.54) is 31.6 Å². The Hall–Kier alpha value is 0.310. The lowest BCUT2D eigenvalue weighted by atomic mass is 9.88. The van der Waals surface area contributed by atoms with Crippen LogP contribution in [-0.2, 0) is 0 Å². The quantitative estimate of drug-likeness (QED) is 0.672. The van der Waals surface area contributed by atoms with Gasteiger partial charge in [0.1, 0.15) is 0 Å². The van der Waals surface area contributed by atoms with Crippen LogP contribution in [0.3, 0.4) is 0 Å². The number of hydrogen-bond donors (Lipinski definition) is 1. The molecule has 3 unspecified atom stereocenters. The van der Waals surface area contributed by atoms with Gasteiger partial charge in [-0.05, 0) is 44.4 Å². The van der Waals surface area contributed by atoms with E-state index in [0.717, 1.165) is 12.0 Å². The minimum Gasteiger partial charge on any atom is -0.314 e. The Balaban J connectivity index is 1.99. The molecule has 2 aliphatic rings. The minimum absolute atomic E-state index is 0.609. The Kier molecular flexibility index (Phi) is 2.39. The SMILES string of the molecule is CC1CC(C2(C)CCCS2)CN1. The smallest absolute Gasteiger partial charge is 0.0173 e. The summed E-state index contributed by atoms with van der Waals surface area (Å²) in [5, 5.41) is 3.56. The van der Waals surface area contributed by atoms with E-state index in [0.29, 0.717) is 4.75 Å². The Bertz CT molecular complexity index is 163. The van der Waals surface area contributed by atoms with Gasteiger partial charge in [0.15, 0.2) is 0 Å². The molecular formula is C10H19NS. The van der Waals surface area contributed by atoms with Gasteiger partial charge in [0, 0.05) is 10.8 Å². The third kappa shape index (κ3) is 1.51. The van der Waals surface area contributed by atoms with E-state index in [-0.39, 0.29) is 0 Å². The fourth-order valence-corrected chi connectivity index (χ4v) is 3.98. The first-order valence-corrected chi connectivity index (χ1v) is 6.06. The monoisotopic (exact) mass is 185 g/mol. The Labute approximate surface area is 79.7 Å². The van der Waals surface area contributed by atoms with Gasteiger partial charge in [-0.15, -0.1) is 0 Å². The first-order valence-electron chi connectivity index (χ1n) is 5.08. The summed E-state index contributed by atoms with van der Waals surface area (Å²) in [4.78, 5) is 0. The van der Waals surface area contributed by atoms with Crippen molar-refractivity contribution in [2.45, 2.75) is 43.9 Å². The molecule has 3 atom stereocenters. The average Bonchev–Trinajstić information content (AvgIpc) is 2.59. The fraction of sp³-hybridized carbons (Fsp3) is 1.00. The van der Waals surface area contributed by atoms with Crippen molar-refractivity contribution >= 4 is 11.8 Å². The Morgan fingerprint density at radius 3 is 2.83 bits per heavy atom. The van der Waals surface area contributed by atoms with E-state index in [1.54, 1.807) is 0 Å². The van der Waals surface area contributed by atoms with E-state index in [2.05, 4.69) is 30.9 Å². The maximum absolute atomic E-state index is 3.56. The fourth-order valence-electron chi connectivity index (χ4n) is 2.52. The molecule has 0 spiro atoms. The normalized spacial score (nSPS) is 48.5. The predicted molar refractivity (Wildman–Crippen MR) is 55.7 cm³/mol. The molecule has 0 bridgehead atoms. The van der Waals surface area contributed by atoms with E-state index in [9.17, 15) is 0 Å². The van der Waals surface area contributed by atoms with E-state index < -0.39 is 0 Å². The topological polar surface area (TPSA) is 12.0 Å². The molecule has 12 heavy (non-hydrogen) atoms. The molecule has 0 aromatic rings. The summed E-state index contributed by atoms with van der Waals surface area (Å²) in [6.45, 7) is 6.03. The summed E-state index contributed by atoms with van der Waals surface area (Å²) >= 11 is 2.20. The second kappa shape index (κ2) is 3.22. The molecule has 0 radical (unpaired) electrons. The number of rotatable bonds is 1. The largest absolute Gasteiger partial charge is 0.314 e. The van der Waals surface area contributed by atoms with Crippen LogP contribution in [-0.4, -0.2) is 23.1 Å². The van der Waals surface area contributed by atoms with Gasteiger partial charge in [0.05, 0.1) is 0 Å². The second-order valence-electron chi connectivity index (χ2n) is 4.51. The molecule has 0 saturated carbocycles. The van der Waals surface area contributed by atoms with Gasteiger partial charge in [0.25, 0.3) is 0 Å². The average molecular weight is 185 g/mol. The van der Waals surface area contributed by atoms with Crippen molar-refractivity contribution in [2.75, 3.05) is 12.3 Å². The molecule has 70 valence electrons. The summed E-state index contributed by atoms with van der Waals surface area (Å²) in [5.74, 6) is 2.32. The van der Waals surface area contributed by atoms with Gasteiger partial charge in [0.2, 0.25) is 0 Å². The number of hydrogen-bond acceptors (Lipinski definition) is 2. The number of nitrogens with one attached hydrogen (secondary N) is 1. The van der Waals surface area contributed by atoms with E-state index in [4.69, 9.17) is 0 Å². The summed E-state index contributed by atoms with van der Waals surface area (Å²) in [6.07, 6.45) is 4.27. The van der Waals surface area contributed by atoms with Gasteiger partial charge < -0.3 is 5.32 Å². The highest BCUT2D eigenvalue weighted by atomic mass is 32.2. The van der Waals surface area contributed by atoms with Crippen LogP contribution in [0.1, 0.15) is 33.1 Å². The molecule has 0 aromatic heterocycles. The Morgan fingerprint density at radius 2 is 2.33 bits per heavy atom. The zero-order valence-electron chi connectivity index (χ0n) is 8.10. The summed E-state index contributed by atoms with van der Waals surface area (Å²) in [7, 11) is 0. The van der Waals surface area contributed by atoms with E-state index in [1.807, 2.05) is 0 Å². The molecular weight excluding hydrogens is 166 g/mol. The maximum atomic E-state index is 3.56. The van der Waals surface area contributed by atoms with Gasteiger partial charge in [-0.3, -0.25) is 0 Å². The molecule has 2 fully saturated rings. The van der Waals surface area contributed by atoms with Crippen molar-refractivity contribution in [3.8, 4) is 0 Å². The zero-order chi connectivity index (χ0) is 8.60. The molecule has 2 heterocycles. The second-order valence-corrected chi connectivity index (χ2v) is 6.14. The molecule has 2 saturated heterocycles. The van der Waals surface area contributed by atoms with Crippen LogP contribution in [0.15, 0.2) is 0 Å². The molecule has 0 aliphatic carbocycles. The lowest BCUT2D eigenvalue weighted by Gasteiger charge is -2.29. The highest BCUT2D eigenvalue weighted by Gasteiger charge is 2.40. The maximum Gasteiger partial charge on any atom is 0.0173 e. The van der Waals surface area contributed by atoms with Crippen LogP contribution >= 0.6 is 11.8 Å². The van der Waals surface area contributed by atoms with Crippen LogP contribution in [0.2, 0.25) is 0 Å². The van der Waals surface area contributed by atoms with Crippen LogP contribution in [0.4, 0.5) is 0 Å². The molecule has 2 rings (SSSR count). The highest BCUT2D eigenvalue weighted by molar-refractivity contribution is 8.00. The first-order chi connectivity index (χ1) is 5.71. The molecule has 0 amide bonds. The summed E-state index contributed by atoms with van der Waals surface area (Å²) < 4.78 is 0.609. The lowest BCUT2D eigenvalue weighted by Crippen LogP contribution is -2.29. The molecule has 1 N–H and O–H groups in total. The third-order valence-electron chi connectivity index (χ3n) is 3.46. The van der Waals surface area contributed by atoms with Gasteiger partial charge in [-0.25, -0.2) is 0 Å². The van der Waals surface area contributed by atoms with Gasteiger partial charge in [-0.2, -0.15) is 11.8 Å². The first kappa shape index (κ1) is 8.89. The predicted octanol–water partition coefficient (Wildman–Crippen LogP) is 2.27.